The van der Waals surface area contributed by atoms with E-state index in [-0.39, 0.29) is 0 Å². The molecule has 0 aliphatic rings. The number of nitrogens with one attached hydrogen (secondary N) is 1. The second-order valence-corrected chi connectivity index (χ2v) is 3.20. The van der Waals surface area contributed by atoms with Crippen LogP contribution in [0.25, 0.3) is 0 Å². The van der Waals surface area contributed by atoms with Gasteiger partial charge in [-0.2, -0.15) is 0 Å². The molecule has 13 heavy (non-hydrogen) atoms. The lowest BCUT2D eigenvalue weighted by Crippen LogP contribution is -2.21. The minimum absolute atomic E-state index is 0.538. The number of benzene rings is 1. The molecule has 0 spiro atoms. The summed E-state index contributed by atoms with van der Waals surface area (Å²) in [4.78, 5) is 0. The monoisotopic (exact) mass is 178 g/mol. The average molecular weight is 178 g/mol. The Hall–Kier alpha value is -0.860. The molecule has 0 saturated heterocycles. The molecule has 1 aromatic rings. The molecule has 0 bridgehead atoms. The Morgan fingerprint density at radius 3 is 2.31 bits per heavy atom. The fraction of sp³-hybridized carbons (Fsp3) is 0.455. The minimum atomic E-state index is 0.538. The van der Waals surface area contributed by atoms with Crippen LogP contribution < -0.4 is 11.1 Å². The smallest absolute Gasteiger partial charge is 0.0431 e. The predicted molar refractivity (Wildman–Crippen MR) is 56.3 cm³/mol. The van der Waals surface area contributed by atoms with E-state index >= 15 is 0 Å². The fourth-order valence-corrected chi connectivity index (χ4v) is 1.33. The molecule has 72 valence electrons. The van der Waals surface area contributed by atoms with E-state index in [0.717, 1.165) is 6.54 Å². The fourth-order valence-electron chi connectivity index (χ4n) is 1.33. The Morgan fingerprint density at radius 1 is 1.15 bits per heavy atom. The molecule has 0 atom stereocenters. The highest BCUT2D eigenvalue weighted by Crippen LogP contribution is 2.06. The van der Waals surface area contributed by atoms with Gasteiger partial charge in [-0.25, -0.2) is 0 Å². The second kappa shape index (κ2) is 5.73. The maximum atomic E-state index is 5.34. The van der Waals surface area contributed by atoms with Gasteiger partial charge in [0.2, 0.25) is 0 Å². The zero-order chi connectivity index (χ0) is 9.52. The van der Waals surface area contributed by atoms with Gasteiger partial charge in [0.25, 0.3) is 0 Å². The first-order valence-electron chi connectivity index (χ1n) is 4.85. The van der Waals surface area contributed by atoms with Gasteiger partial charge in [0.05, 0.1) is 0 Å². The van der Waals surface area contributed by atoms with Crippen LogP contribution >= 0.6 is 0 Å². The van der Waals surface area contributed by atoms with Gasteiger partial charge in [-0.05, 0) is 17.5 Å². The van der Waals surface area contributed by atoms with Crippen molar-refractivity contribution in [2.45, 2.75) is 26.3 Å². The molecule has 0 aliphatic carbocycles. The summed E-state index contributed by atoms with van der Waals surface area (Å²) in [7, 11) is 0. The van der Waals surface area contributed by atoms with Crippen LogP contribution in [0.1, 0.15) is 24.5 Å². The average Bonchev–Trinajstić information content (AvgIpc) is 2.17. The van der Waals surface area contributed by atoms with Gasteiger partial charge < -0.3 is 11.1 Å². The molecule has 1 rings (SSSR count). The van der Waals surface area contributed by atoms with Gasteiger partial charge in [-0.3, -0.25) is 0 Å². The highest BCUT2D eigenvalue weighted by Gasteiger charge is 1.92. The quantitative estimate of drug-likeness (QED) is 0.673. The Kier molecular flexibility index (Phi) is 4.50. The van der Waals surface area contributed by atoms with Crippen molar-refractivity contribution >= 4 is 0 Å². The van der Waals surface area contributed by atoms with E-state index in [2.05, 4.69) is 36.5 Å². The van der Waals surface area contributed by atoms with Crippen molar-refractivity contribution in [2.75, 3.05) is 6.67 Å². The molecule has 0 amide bonds. The van der Waals surface area contributed by atoms with Crippen LogP contribution in [0.2, 0.25) is 0 Å². The van der Waals surface area contributed by atoms with Crippen molar-refractivity contribution in [2.24, 2.45) is 5.73 Å². The highest BCUT2D eigenvalue weighted by atomic mass is 14.9. The first kappa shape index (κ1) is 10.2. The standard InChI is InChI=1S/C11H18N2/c1-2-3-10-4-6-11(7-5-10)8-13-9-12/h4-7,13H,2-3,8-9,12H2,1H3. The van der Waals surface area contributed by atoms with Crippen molar-refractivity contribution in [3.63, 3.8) is 0 Å². The number of aryl methyl sites for hydroxylation is 1. The first-order valence-corrected chi connectivity index (χ1v) is 4.85. The molecular formula is C11H18N2. The van der Waals surface area contributed by atoms with Crippen LogP contribution in [0, 0.1) is 0 Å². The van der Waals surface area contributed by atoms with Crippen molar-refractivity contribution in [3.05, 3.63) is 35.4 Å². The third kappa shape index (κ3) is 3.57. The van der Waals surface area contributed by atoms with E-state index in [0.29, 0.717) is 6.67 Å². The Labute approximate surface area is 80.1 Å². The van der Waals surface area contributed by atoms with Crippen molar-refractivity contribution < 1.29 is 0 Å². The van der Waals surface area contributed by atoms with E-state index < -0.39 is 0 Å². The van der Waals surface area contributed by atoms with Crippen molar-refractivity contribution in [1.29, 1.82) is 0 Å². The van der Waals surface area contributed by atoms with E-state index in [9.17, 15) is 0 Å². The maximum absolute atomic E-state index is 5.34. The van der Waals surface area contributed by atoms with E-state index in [4.69, 9.17) is 5.73 Å². The molecule has 3 N–H and O–H groups in total. The topological polar surface area (TPSA) is 38.0 Å². The van der Waals surface area contributed by atoms with Gasteiger partial charge >= 0.3 is 0 Å². The molecule has 0 heterocycles. The molecule has 0 saturated carbocycles. The minimum Gasteiger partial charge on any atom is -0.318 e. The van der Waals surface area contributed by atoms with Crippen LogP contribution in [0.5, 0.6) is 0 Å². The number of nitrogens with two attached hydrogens (primary N) is 1. The van der Waals surface area contributed by atoms with Crippen LogP contribution in [0.4, 0.5) is 0 Å². The Morgan fingerprint density at radius 2 is 1.77 bits per heavy atom. The molecule has 1 aromatic carbocycles. The summed E-state index contributed by atoms with van der Waals surface area (Å²) in [5.41, 5.74) is 8.06. The summed E-state index contributed by atoms with van der Waals surface area (Å²) in [6.07, 6.45) is 2.38. The van der Waals surface area contributed by atoms with Gasteiger partial charge in [0.1, 0.15) is 0 Å². The Balaban J connectivity index is 2.48. The predicted octanol–water partition coefficient (Wildman–Crippen LogP) is 1.64. The highest BCUT2D eigenvalue weighted by molar-refractivity contribution is 5.22. The zero-order valence-corrected chi connectivity index (χ0v) is 8.22. The van der Waals surface area contributed by atoms with Crippen molar-refractivity contribution in [1.82, 2.24) is 5.32 Å². The summed E-state index contributed by atoms with van der Waals surface area (Å²) in [5.74, 6) is 0. The lowest BCUT2D eigenvalue weighted by atomic mass is 10.1. The van der Waals surface area contributed by atoms with Crippen LogP contribution in [-0.4, -0.2) is 6.67 Å². The summed E-state index contributed by atoms with van der Waals surface area (Å²) in [5, 5.41) is 3.09. The second-order valence-electron chi connectivity index (χ2n) is 3.20. The molecular weight excluding hydrogens is 160 g/mol. The van der Waals surface area contributed by atoms with Gasteiger partial charge in [0, 0.05) is 13.2 Å². The summed E-state index contributed by atoms with van der Waals surface area (Å²) >= 11 is 0. The molecule has 0 unspecified atom stereocenters. The van der Waals surface area contributed by atoms with Crippen LogP contribution in [0.3, 0.4) is 0 Å². The van der Waals surface area contributed by atoms with Gasteiger partial charge in [-0.1, -0.05) is 37.6 Å². The Bertz CT molecular complexity index is 228. The SMILES string of the molecule is CCCc1ccc(CNCN)cc1. The molecule has 0 radical (unpaired) electrons. The van der Waals surface area contributed by atoms with E-state index in [1.807, 2.05) is 0 Å². The zero-order valence-electron chi connectivity index (χ0n) is 8.22. The number of hydrogen-bond acceptors (Lipinski definition) is 2. The van der Waals surface area contributed by atoms with Gasteiger partial charge in [-0.15, -0.1) is 0 Å². The van der Waals surface area contributed by atoms with Gasteiger partial charge in [0.15, 0.2) is 0 Å². The first-order chi connectivity index (χ1) is 6.36. The van der Waals surface area contributed by atoms with E-state index in [1.165, 1.54) is 24.0 Å². The molecule has 0 aromatic heterocycles. The molecule has 0 aliphatic heterocycles. The third-order valence-corrected chi connectivity index (χ3v) is 2.04. The third-order valence-electron chi connectivity index (χ3n) is 2.04. The largest absolute Gasteiger partial charge is 0.318 e. The summed E-state index contributed by atoms with van der Waals surface area (Å²) in [6.45, 7) is 3.60. The lowest BCUT2D eigenvalue weighted by molar-refractivity contribution is 0.708. The molecule has 2 heteroatoms. The maximum Gasteiger partial charge on any atom is 0.0431 e. The summed E-state index contributed by atoms with van der Waals surface area (Å²) < 4.78 is 0. The van der Waals surface area contributed by atoms with Crippen LogP contribution in [-0.2, 0) is 13.0 Å². The number of hydrogen-bond donors (Lipinski definition) is 2. The lowest BCUT2D eigenvalue weighted by Gasteiger charge is -2.03. The normalized spacial score (nSPS) is 10.3. The summed E-state index contributed by atoms with van der Waals surface area (Å²) in [6, 6.07) is 8.70. The van der Waals surface area contributed by atoms with Crippen LogP contribution in [0.15, 0.2) is 24.3 Å². The number of rotatable bonds is 5. The van der Waals surface area contributed by atoms with Crippen molar-refractivity contribution in [3.8, 4) is 0 Å². The van der Waals surface area contributed by atoms with E-state index in [1.54, 1.807) is 0 Å². The molecule has 0 fully saturated rings. The molecule has 2 nitrogen and oxygen atoms in total.